The number of aromatic carboxylic acids is 1. The van der Waals surface area contributed by atoms with Crippen LogP contribution in [0.5, 0.6) is 5.75 Å². The molecule has 2 amide bonds. The number of benzene rings is 2. The molecule has 3 N–H and O–H groups in total. The first-order chi connectivity index (χ1) is 12.9. The van der Waals surface area contributed by atoms with Gasteiger partial charge in [0.1, 0.15) is 17.1 Å². The summed E-state index contributed by atoms with van der Waals surface area (Å²) < 4.78 is 18.0. The van der Waals surface area contributed by atoms with Crippen LogP contribution in [-0.2, 0) is 9.59 Å². The van der Waals surface area contributed by atoms with Gasteiger partial charge in [0.05, 0.1) is 12.8 Å². The molecule has 140 valence electrons. The Morgan fingerprint density at radius 1 is 1.15 bits per heavy atom. The molecule has 0 aromatic heterocycles. The van der Waals surface area contributed by atoms with Crippen LogP contribution in [0, 0.1) is 5.82 Å². The van der Waals surface area contributed by atoms with Crippen LogP contribution < -0.4 is 15.5 Å². The summed E-state index contributed by atoms with van der Waals surface area (Å²) in [5.41, 5.74) is 2.59. The summed E-state index contributed by atoms with van der Waals surface area (Å²) in [6.45, 7) is 2.04. The first-order valence-corrected chi connectivity index (χ1v) is 7.80. The van der Waals surface area contributed by atoms with E-state index in [-0.39, 0.29) is 17.0 Å². The summed E-state index contributed by atoms with van der Waals surface area (Å²) in [5.74, 6) is -3.46. The van der Waals surface area contributed by atoms with E-state index in [1.54, 1.807) is 13.0 Å². The predicted molar refractivity (Wildman–Crippen MR) is 95.3 cm³/mol. The highest BCUT2D eigenvalue weighted by molar-refractivity contribution is 6.39. The lowest BCUT2D eigenvalue weighted by Gasteiger charge is -2.07. The molecule has 2 aromatic rings. The van der Waals surface area contributed by atoms with Crippen molar-refractivity contribution in [2.75, 3.05) is 11.9 Å². The second-order valence-electron chi connectivity index (χ2n) is 5.15. The highest BCUT2D eigenvalue weighted by Gasteiger charge is 2.14. The molecule has 0 saturated carbocycles. The Balaban J connectivity index is 1.98. The summed E-state index contributed by atoms with van der Waals surface area (Å²) >= 11 is 0. The average Bonchev–Trinajstić information content (AvgIpc) is 2.64. The monoisotopic (exact) mass is 373 g/mol. The SMILES string of the molecule is CCOc1ccc(/C=N\NC(=O)C(=O)Nc2ccc(F)cc2)cc1C(=O)O. The van der Waals surface area contributed by atoms with Gasteiger partial charge < -0.3 is 15.2 Å². The van der Waals surface area contributed by atoms with Crippen molar-refractivity contribution < 1.29 is 28.6 Å². The summed E-state index contributed by atoms with van der Waals surface area (Å²) in [6, 6.07) is 9.22. The lowest BCUT2D eigenvalue weighted by atomic mass is 10.1. The maximum atomic E-state index is 12.8. The number of carbonyl (C=O) groups excluding carboxylic acids is 2. The van der Waals surface area contributed by atoms with Gasteiger partial charge in [-0.05, 0) is 55.0 Å². The molecular weight excluding hydrogens is 357 g/mol. The lowest BCUT2D eigenvalue weighted by molar-refractivity contribution is -0.136. The van der Waals surface area contributed by atoms with Gasteiger partial charge in [-0.2, -0.15) is 5.10 Å². The number of anilines is 1. The van der Waals surface area contributed by atoms with Crippen molar-refractivity contribution in [3.8, 4) is 5.75 Å². The molecule has 0 heterocycles. The van der Waals surface area contributed by atoms with Gasteiger partial charge in [-0.3, -0.25) is 9.59 Å². The van der Waals surface area contributed by atoms with E-state index in [1.807, 2.05) is 5.43 Å². The van der Waals surface area contributed by atoms with E-state index < -0.39 is 23.6 Å². The summed E-state index contributed by atoms with van der Waals surface area (Å²) in [7, 11) is 0. The van der Waals surface area contributed by atoms with Crippen LogP contribution in [0.15, 0.2) is 47.6 Å². The zero-order chi connectivity index (χ0) is 19.8. The number of hydrazone groups is 1. The number of amides is 2. The number of halogens is 1. The third kappa shape index (κ3) is 5.63. The highest BCUT2D eigenvalue weighted by Crippen LogP contribution is 2.19. The first-order valence-electron chi connectivity index (χ1n) is 7.80. The van der Waals surface area contributed by atoms with E-state index in [4.69, 9.17) is 4.74 Å². The van der Waals surface area contributed by atoms with Gasteiger partial charge in [0.15, 0.2) is 0 Å². The topological polar surface area (TPSA) is 117 Å². The molecule has 0 spiro atoms. The minimum Gasteiger partial charge on any atom is -0.493 e. The van der Waals surface area contributed by atoms with E-state index >= 15 is 0 Å². The number of hydrogen-bond donors (Lipinski definition) is 3. The molecule has 9 heteroatoms. The minimum atomic E-state index is -1.17. The van der Waals surface area contributed by atoms with E-state index in [2.05, 4.69) is 10.4 Å². The van der Waals surface area contributed by atoms with Crippen molar-refractivity contribution in [3.05, 3.63) is 59.4 Å². The summed E-state index contributed by atoms with van der Waals surface area (Å²) in [5, 5.41) is 15.1. The molecule has 0 unspecified atom stereocenters. The molecule has 0 aliphatic carbocycles. The summed E-state index contributed by atoms with van der Waals surface area (Å²) in [4.78, 5) is 34.7. The smallest absolute Gasteiger partial charge is 0.339 e. The number of ether oxygens (including phenoxy) is 1. The average molecular weight is 373 g/mol. The second-order valence-corrected chi connectivity index (χ2v) is 5.15. The zero-order valence-electron chi connectivity index (χ0n) is 14.2. The van der Waals surface area contributed by atoms with Gasteiger partial charge in [-0.25, -0.2) is 14.6 Å². The van der Waals surface area contributed by atoms with Crippen LogP contribution in [0.2, 0.25) is 0 Å². The fourth-order valence-electron chi connectivity index (χ4n) is 2.01. The molecule has 2 rings (SSSR count). The molecule has 0 bridgehead atoms. The van der Waals surface area contributed by atoms with Crippen molar-refractivity contribution in [3.63, 3.8) is 0 Å². The van der Waals surface area contributed by atoms with Crippen molar-refractivity contribution in [1.29, 1.82) is 0 Å². The van der Waals surface area contributed by atoms with Crippen LogP contribution in [0.1, 0.15) is 22.8 Å². The maximum Gasteiger partial charge on any atom is 0.339 e. The zero-order valence-corrected chi connectivity index (χ0v) is 14.2. The van der Waals surface area contributed by atoms with Gasteiger partial charge in [-0.1, -0.05) is 0 Å². The molecule has 0 fully saturated rings. The van der Waals surface area contributed by atoms with Crippen LogP contribution in [0.4, 0.5) is 10.1 Å². The van der Waals surface area contributed by atoms with Crippen LogP contribution in [-0.4, -0.2) is 35.7 Å². The second kappa shape index (κ2) is 9.09. The van der Waals surface area contributed by atoms with Gasteiger partial charge in [0.2, 0.25) is 0 Å². The van der Waals surface area contributed by atoms with E-state index in [9.17, 15) is 23.9 Å². The van der Waals surface area contributed by atoms with E-state index in [0.29, 0.717) is 12.2 Å². The summed E-state index contributed by atoms with van der Waals surface area (Å²) in [6.07, 6.45) is 1.19. The number of nitrogens with zero attached hydrogens (tertiary/aromatic N) is 1. The Morgan fingerprint density at radius 2 is 1.85 bits per heavy atom. The molecule has 0 saturated heterocycles. The molecule has 27 heavy (non-hydrogen) atoms. The van der Waals surface area contributed by atoms with Gasteiger partial charge in [0.25, 0.3) is 0 Å². The number of hydrogen-bond acceptors (Lipinski definition) is 5. The molecule has 8 nitrogen and oxygen atoms in total. The maximum absolute atomic E-state index is 12.8. The molecule has 2 aromatic carbocycles. The van der Waals surface area contributed by atoms with Crippen molar-refractivity contribution in [2.45, 2.75) is 6.92 Å². The Kier molecular flexibility index (Phi) is 6.59. The third-order valence-corrected chi connectivity index (χ3v) is 3.22. The fourth-order valence-corrected chi connectivity index (χ4v) is 2.01. The van der Waals surface area contributed by atoms with Crippen LogP contribution in [0.25, 0.3) is 0 Å². The molecule has 0 aliphatic rings. The molecule has 0 atom stereocenters. The van der Waals surface area contributed by atoms with E-state index in [0.717, 1.165) is 12.1 Å². The lowest BCUT2D eigenvalue weighted by Crippen LogP contribution is -2.32. The predicted octanol–water partition coefficient (Wildman–Crippen LogP) is 2.01. The molecule has 0 radical (unpaired) electrons. The van der Waals surface area contributed by atoms with Gasteiger partial charge in [0, 0.05) is 5.69 Å². The normalized spacial score (nSPS) is 10.4. The number of carboxylic acids is 1. The van der Waals surface area contributed by atoms with Crippen LogP contribution >= 0.6 is 0 Å². The minimum absolute atomic E-state index is 0.0545. The largest absolute Gasteiger partial charge is 0.493 e. The van der Waals surface area contributed by atoms with Crippen LogP contribution in [0.3, 0.4) is 0 Å². The number of rotatable bonds is 6. The van der Waals surface area contributed by atoms with E-state index in [1.165, 1.54) is 30.5 Å². The number of carbonyl (C=O) groups is 3. The third-order valence-electron chi connectivity index (χ3n) is 3.22. The molecule has 0 aliphatic heterocycles. The van der Waals surface area contributed by atoms with Gasteiger partial charge >= 0.3 is 17.8 Å². The molecular formula is C18H16FN3O5. The first kappa shape index (κ1) is 19.6. The Bertz CT molecular complexity index is 881. The van der Waals surface area contributed by atoms with Crippen molar-refractivity contribution in [1.82, 2.24) is 5.43 Å². The fraction of sp³-hybridized carbons (Fsp3) is 0.111. The van der Waals surface area contributed by atoms with Gasteiger partial charge in [-0.15, -0.1) is 0 Å². The quantitative estimate of drug-likeness (QED) is 0.407. The Hall–Kier alpha value is -3.75. The Labute approximate surface area is 153 Å². The highest BCUT2D eigenvalue weighted by atomic mass is 19.1. The van der Waals surface area contributed by atoms with Crippen molar-refractivity contribution >= 4 is 29.7 Å². The van der Waals surface area contributed by atoms with Crippen molar-refractivity contribution in [2.24, 2.45) is 5.10 Å². The Morgan fingerprint density at radius 3 is 2.48 bits per heavy atom. The number of carboxylic acid groups (broad SMARTS) is 1. The standard InChI is InChI=1S/C18H16FN3O5/c1-2-27-15-8-3-11(9-14(15)18(25)26)10-20-22-17(24)16(23)21-13-6-4-12(19)5-7-13/h3-10H,2H2,1H3,(H,21,23)(H,22,24)(H,25,26)/b20-10-. The number of nitrogens with one attached hydrogen (secondary N) is 2.